The molecule has 1 aromatic rings. The predicted molar refractivity (Wildman–Crippen MR) is 59.7 cm³/mol. The van der Waals surface area contributed by atoms with E-state index in [2.05, 4.69) is 5.32 Å². The van der Waals surface area contributed by atoms with Gasteiger partial charge < -0.3 is 10.4 Å². The Morgan fingerprint density at radius 3 is 2.57 bits per heavy atom. The average molecular weight is 212 g/mol. The highest BCUT2D eigenvalue weighted by atomic mass is 35.5. The van der Waals surface area contributed by atoms with Crippen molar-refractivity contribution in [2.24, 2.45) is 0 Å². The maximum atomic E-state index is 9.05. The zero-order valence-corrected chi connectivity index (χ0v) is 8.67. The first-order valence-corrected chi connectivity index (χ1v) is 5.06. The highest BCUT2D eigenvalue weighted by Gasteiger charge is 1.91. The molecule has 1 rings (SSSR count). The third-order valence-corrected chi connectivity index (χ3v) is 1.96. The first-order valence-electron chi connectivity index (χ1n) is 4.52. The number of phenolic OH excluding ortho intramolecular Hbond substituents is 1. The zero-order valence-electron chi connectivity index (χ0n) is 7.91. The van der Waals surface area contributed by atoms with Gasteiger partial charge in [0.25, 0.3) is 0 Å². The van der Waals surface area contributed by atoms with E-state index in [1.807, 2.05) is 24.3 Å². The molecule has 76 valence electrons. The third-order valence-electron chi connectivity index (χ3n) is 1.78. The third kappa shape index (κ3) is 4.30. The molecule has 0 unspecified atom stereocenters. The Morgan fingerprint density at radius 1 is 1.21 bits per heavy atom. The maximum Gasteiger partial charge on any atom is 0.115 e. The Labute approximate surface area is 89.2 Å². The molecule has 1 aromatic carbocycles. The van der Waals surface area contributed by atoms with Crippen LogP contribution in [0.5, 0.6) is 5.75 Å². The van der Waals surface area contributed by atoms with Crippen molar-refractivity contribution in [2.75, 3.05) is 12.4 Å². The van der Waals surface area contributed by atoms with Crippen LogP contribution in [0.3, 0.4) is 0 Å². The summed E-state index contributed by atoms with van der Waals surface area (Å²) in [4.78, 5) is 0. The number of aromatic hydroxyl groups is 1. The lowest BCUT2D eigenvalue weighted by atomic mass is 10.2. The number of allylic oxidation sites excluding steroid dienone is 1. The average Bonchev–Trinajstić information content (AvgIpc) is 2.21. The second-order valence-electron chi connectivity index (χ2n) is 2.92. The summed E-state index contributed by atoms with van der Waals surface area (Å²) >= 11 is 5.47. The number of rotatable bonds is 5. The summed E-state index contributed by atoms with van der Waals surface area (Å²) in [6, 6.07) is 7.17. The fraction of sp³-hybridized carbons (Fsp3) is 0.273. The molecule has 0 amide bonds. The molecule has 0 aliphatic heterocycles. The molecule has 0 atom stereocenters. The predicted octanol–water partition coefficient (Wildman–Crippen LogP) is 2.28. The van der Waals surface area contributed by atoms with E-state index in [0.717, 1.165) is 18.7 Å². The van der Waals surface area contributed by atoms with Crippen molar-refractivity contribution in [3.05, 3.63) is 42.0 Å². The van der Waals surface area contributed by atoms with E-state index in [4.69, 9.17) is 16.7 Å². The fourth-order valence-electron chi connectivity index (χ4n) is 1.06. The standard InChI is InChI=1S/C11H14ClNO/c12-7-1-2-8-13-9-10-3-5-11(14)6-4-10/h1-6,13-14H,7-9H2/b2-1+. The number of hydrogen-bond acceptors (Lipinski definition) is 2. The Kier molecular flexibility index (Phi) is 5.12. The van der Waals surface area contributed by atoms with Gasteiger partial charge in [-0.3, -0.25) is 0 Å². The summed E-state index contributed by atoms with van der Waals surface area (Å²) in [5.41, 5.74) is 1.15. The van der Waals surface area contributed by atoms with Crippen LogP contribution in [0.4, 0.5) is 0 Å². The van der Waals surface area contributed by atoms with Crippen LogP contribution < -0.4 is 5.32 Å². The summed E-state index contributed by atoms with van der Waals surface area (Å²) in [6.45, 7) is 1.61. The monoisotopic (exact) mass is 211 g/mol. The molecule has 0 aliphatic carbocycles. The second kappa shape index (κ2) is 6.46. The minimum atomic E-state index is 0.302. The van der Waals surface area contributed by atoms with Crippen LogP contribution >= 0.6 is 11.6 Å². The van der Waals surface area contributed by atoms with E-state index in [-0.39, 0.29) is 0 Å². The summed E-state index contributed by atoms with van der Waals surface area (Å²) < 4.78 is 0. The van der Waals surface area contributed by atoms with Gasteiger partial charge in [-0.1, -0.05) is 24.3 Å². The number of phenols is 1. The molecular formula is C11H14ClNO. The number of hydrogen-bond donors (Lipinski definition) is 2. The Bertz CT molecular complexity index is 282. The van der Waals surface area contributed by atoms with Crippen LogP contribution in [-0.4, -0.2) is 17.5 Å². The Balaban J connectivity index is 2.25. The van der Waals surface area contributed by atoms with Crippen molar-refractivity contribution >= 4 is 11.6 Å². The van der Waals surface area contributed by atoms with E-state index in [9.17, 15) is 0 Å². The number of halogens is 1. The van der Waals surface area contributed by atoms with E-state index in [1.54, 1.807) is 12.1 Å². The minimum absolute atomic E-state index is 0.302. The molecular weight excluding hydrogens is 198 g/mol. The molecule has 2 nitrogen and oxygen atoms in total. The molecule has 14 heavy (non-hydrogen) atoms. The molecule has 0 fully saturated rings. The highest BCUT2D eigenvalue weighted by molar-refractivity contribution is 6.18. The van der Waals surface area contributed by atoms with Crippen molar-refractivity contribution in [2.45, 2.75) is 6.54 Å². The normalized spacial score (nSPS) is 10.9. The molecule has 0 saturated heterocycles. The fourth-order valence-corrected chi connectivity index (χ4v) is 1.19. The molecule has 0 aromatic heterocycles. The Morgan fingerprint density at radius 2 is 1.93 bits per heavy atom. The number of alkyl halides is 1. The molecule has 0 radical (unpaired) electrons. The van der Waals surface area contributed by atoms with E-state index < -0.39 is 0 Å². The zero-order chi connectivity index (χ0) is 10.2. The van der Waals surface area contributed by atoms with Gasteiger partial charge in [0, 0.05) is 19.0 Å². The van der Waals surface area contributed by atoms with E-state index in [0.29, 0.717) is 11.6 Å². The van der Waals surface area contributed by atoms with Gasteiger partial charge in [-0.25, -0.2) is 0 Å². The quantitative estimate of drug-likeness (QED) is 0.445. The van der Waals surface area contributed by atoms with Gasteiger partial charge >= 0.3 is 0 Å². The van der Waals surface area contributed by atoms with Gasteiger partial charge in [-0.15, -0.1) is 11.6 Å². The van der Waals surface area contributed by atoms with Gasteiger partial charge in [0.15, 0.2) is 0 Å². The van der Waals surface area contributed by atoms with Gasteiger partial charge in [0.05, 0.1) is 0 Å². The van der Waals surface area contributed by atoms with Crippen LogP contribution in [-0.2, 0) is 6.54 Å². The van der Waals surface area contributed by atoms with Crippen LogP contribution in [0.1, 0.15) is 5.56 Å². The van der Waals surface area contributed by atoms with Crippen LogP contribution in [0.15, 0.2) is 36.4 Å². The van der Waals surface area contributed by atoms with E-state index >= 15 is 0 Å². The van der Waals surface area contributed by atoms with Crippen molar-refractivity contribution in [1.29, 1.82) is 0 Å². The van der Waals surface area contributed by atoms with E-state index in [1.165, 1.54) is 0 Å². The van der Waals surface area contributed by atoms with Crippen molar-refractivity contribution in [3.8, 4) is 5.75 Å². The molecule has 0 bridgehead atoms. The lowest BCUT2D eigenvalue weighted by molar-refractivity contribution is 0.475. The molecule has 3 heteroatoms. The van der Waals surface area contributed by atoms with Crippen molar-refractivity contribution in [3.63, 3.8) is 0 Å². The largest absolute Gasteiger partial charge is 0.508 e. The topological polar surface area (TPSA) is 32.3 Å². The van der Waals surface area contributed by atoms with Gasteiger partial charge in [0.1, 0.15) is 5.75 Å². The van der Waals surface area contributed by atoms with Crippen LogP contribution in [0.25, 0.3) is 0 Å². The van der Waals surface area contributed by atoms with Crippen LogP contribution in [0, 0.1) is 0 Å². The second-order valence-corrected chi connectivity index (χ2v) is 3.23. The SMILES string of the molecule is Oc1ccc(CNC/C=C/CCl)cc1. The highest BCUT2D eigenvalue weighted by Crippen LogP contribution is 2.08. The van der Waals surface area contributed by atoms with Gasteiger partial charge in [0.2, 0.25) is 0 Å². The summed E-state index contributed by atoms with van der Waals surface area (Å²) in [5.74, 6) is 0.858. The lowest BCUT2D eigenvalue weighted by Crippen LogP contribution is -2.12. The molecule has 0 heterocycles. The van der Waals surface area contributed by atoms with Crippen LogP contribution in [0.2, 0.25) is 0 Å². The van der Waals surface area contributed by atoms with Crippen molar-refractivity contribution < 1.29 is 5.11 Å². The summed E-state index contributed by atoms with van der Waals surface area (Å²) in [5, 5.41) is 12.3. The maximum absolute atomic E-state index is 9.05. The van der Waals surface area contributed by atoms with Crippen molar-refractivity contribution in [1.82, 2.24) is 5.32 Å². The first-order chi connectivity index (χ1) is 6.83. The van der Waals surface area contributed by atoms with Gasteiger partial charge in [-0.05, 0) is 17.7 Å². The smallest absolute Gasteiger partial charge is 0.115 e. The Hall–Kier alpha value is -0.990. The molecule has 2 N–H and O–H groups in total. The summed E-state index contributed by atoms with van der Waals surface area (Å²) in [7, 11) is 0. The van der Waals surface area contributed by atoms with Gasteiger partial charge in [-0.2, -0.15) is 0 Å². The first kappa shape index (κ1) is 11.1. The molecule has 0 saturated carbocycles. The number of benzene rings is 1. The molecule has 0 spiro atoms. The molecule has 0 aliphatic rings. The summed E-state index contributed by atoms with van der Waals surface area (Å²) in [6.07, 6.45) is 3.90. The number of nitrogens with one attached hydrogen (secondary N) is 1. The minimum Gasteiger partial charge on any atom is -0.508 e. The lowest BCUT2D eigenvalue weighted by Gasteiger charge is -2.01.